The molecule has 0 aromatic heterocycles. The SMILES string of the molecule is N#Cc1ccccc1C(=O)C(O)c1ccccc1. The number of Topliss-reactive ketones (excluding diaryl/α,β-unsaturated/α-hetero) is 1. The number of rotatable bonds is 3. The molecule has 1 unspecified atom stereocenters. The molecule has 0 aliphatic heterocycles. The molecule has 88 valence electrons. The molecule has 0 amide bonds. The zero-order valence-electron chi connectivity index (χ0n) is 9.58. The van der Waals surface area contributed by atoms with E-state index in [4.69, 9.17) is 5.26 Å². The Hall–Kier alpha value is -2.44. The van der Waals surface area contributed by atoms with Crippen LogP contribution in [-0.2, 0) is 0 Å². The fourth-order valence-corrected chi connectivity index (χ4v) is 1.73. The van der Waals surface area contributed by atoms with E-state index in [2.05, 4.69) is 0 Å². The summed E-state index contributed by atoms with van der Waals surface area (Å²) in [7, 11) is 0. The first-order valence-corrected chi connectivity index (χ1v) is 5.50. The standard InChI is InChI=1S/C15H11NO2/c16-10-12-8-4-5-9-13(12)15(18)14(17)11-6-2-1-3-7-11/h1-9,14,17H. The molecular weight excluding hydrogens is 226 g/mol. The van der Waals surface area contributed by atoms with Crippen molar-refractivity contribution in [3.8, 4) is 6.07 Å². The van der Waals surface area contributed by atoms with Gasteiger partial charge in [0, 0.05) is 5.56 Å². The number of carbonyl (C=O) groups excluding carboxylic acids is 1. The highest BCUT2D eigenvalue weighted by molar-refractivity contribution is 6.01. The molecule has 0 heterocycles. The Morgan fingerprint density at radius 3 is 2.33 bits per heavy atom. The van der Waals surface area contributed by atoms with Crippen LogP contribution in [0.1, 0.15) is 27.6 Å². The lowest BCUT2D eigenvalue weighted by molar-refractivity contribution is 0.0747. The topological polar surface area (TPSA) is 61.1 Å². The molecule has 1 atom stereocenters. The van der Waals surface area contributed by atoms with Crippen LogP contribution in [0, 0.1) is 11.3 Å². The molecule has 2 aromatic carbocycles. The van der Waals surface area contributed by atoms with Gasteiger partial charge in [0.15, 0.2) is 5.78 Å². The molecular formula is C15H11NO2. The summed E-state index contributed by atoms with van der Waals surface area (Å²) in [5.74, 6) is -0.460. The van der Waals surface area contributed by atoms with Gasteiger partial charge in [0.25, 0.3) is 0 Å². The highest BCUT2D eigenvalue weighted by Gasteiger charge is 2.21. The monoisotopic (exact) mass is 237 g/mol. The molecule has 0 fully saturated rings. The van der Waals surface area contributed by atoms with Crippen LogP contribution in [0.5, 0.6) is 0 Å². The Morgan fingerprint density at radius 1 is 1.06 bits per heavy atom. The molecule has 1 N–H and O–H groups in total. The van der Waals surface area contributed by atoms with Crippen LogP contribution in [0.4, 0.5) is 0 Å². The number of hydrogen-bond donors (Lipinski definition) is 1. The molecule has 3 heteroatoms. The van der Waals surface area contributed by atoms with Crippen LogP contribution in [0.25, 0.3) is 0 Å². The minimum absolute atomic E-state index is 0.247. The predicted octanol–water partition coefficient (Wildman–Crippen LogP) is 2.47. The fraction of sp³-hybridized carbons (Fsp3) is 0.0667. The lowest BCUT2D eigenvalue weighted by atomic mass is 9.97. The number of nitrogens with zero attached hydrogens (tertiary/aromatic N) is 1. The highest BCUT2D eigenvalue weighted by Crippen LogP contribution is 2.20. The van der Waals surface area contributed by atoms with Crippen molar-refractivity contribution in [2.75, 3.05) is 0 Å². The molecule has 0 radical (unpaired) electrons. The van der Waals surface area contributed by atoms with Crippen LogP contribution < -0.4 is 0 Å². The number of aliphatic hydroxyl groups excluding tert-OH is 1. The van der Waals surface area contributed by atoms with Gasteiger partial charge < -0.3 is 5.11 Å². The smallest absolute Gasteiger partial charge is 0.197 e. The average molecular weight is 237 g/mol. The van der Waals surface area contributed by atoms with E-state index in [0.29, 0.717) is 5.56 Å². The molecule has 0 aliphatic rings. The van der Waals surface area contributed by atoms with Crippen molar-refractivity contribution in [1.82, 2.24) is 0 Å². The van der Waals surface area contributed by atoms with Crippen molar-refractivity contribution < 1.29 is 9.90 Å². The Labute approximate surface area is 105 Å². The Kier molecular flexibility index (Phi) is 3.52. The quantitative estimate of drug-likeness (QED) is 0.834. The molecule has 0 saturated heterocycles. The van der Waals surface area contributed by atoms with Crippen molar-refractivity contribution in [1.29, 1.82) is 5.26 Å². The minimum Gasteiger partial charge on any atom is -0.380 e. The Balaban J connectivity index is 2.35. The third-order valence-electron chi connectivity index (χ3n) is 2.68. The Morgan fingerprint density at radius 2 is 1.67 bits per heavy atom. The number of nitriles is 1. The summed E-state index contributed by atoms with van der Waals surface area (Å²) in [6.07, 6.45) is -1.24. The maximum Gasteiger partial charge on any atom is 0.197 e. The molecule has 0 saturated carbocycles. The lowest BCUT2D eigenvalue weighted by Crippen LogP contribution is -2.13. The van der Waals surface area contributed by atoms with Crippen LogP contribution in [-0.4, -0.2) is 10.9 Å². The minimum atomic E-state index is -1.24. The molecule has 0 aliphatic carbocycles. The first-order valence-electron chi connectivity index (χ1n) is 5.50. The second kappa shape index (κ2) is 5.26. The summed E-state index contributed by atoms with van der Waals surface area (Å²) < 4.78 is 0. The lowest BCUT2D eigenvalue weighted by Gasteiger charge is -2.10. The normalized spacial score (nSPS) is 11.6. The molecule has 0 bridgehead atoms. The van der Waals surface area contributed by atoms with Crippen molar-refractivity contribution in [2.45, 2.75) is 6.10 Å². The molecule has 2 aromatic rings. The van der Waals surface area contributed by atoms with Gasteiger partial charge in [-0.3, -0.25) is 4.79 Å². The van der Waals surface area contributed by atoms with Gasteiger partial charge in [-0.15, -0.1) is 0 Å². The van der Waals surface area contributed by atoms with E-state index >= 15 is 0 Å². The second-order valence-corrected chi connectivity index (χ2v) is 3.83. The summed E-state index contributed by atoms with van der Waals surface area (Å²) in [5.41, 5.74) is 1.05. The van der Waals surface area contributed by atoms with Gasteiger partial charge in [-0.05, 0) is 17.7 Å². The number of hydrogen-bond acceptors (Lipinski definition) is 3. The summed E-state index contributed by atoms with van der Waals surface area (Å²) in [5, 5.41) is 18.9. The van der Waals surface area contributed by atoms with E-state index in [-0.39, 0.29) is 11.1 Å². The van der Waals surface area contributed by atoms with Gasteiger partial charge in [-0.2, -0.15) is 5.26 Å². The van der Waals surface area contributed by atoms with E-state index in [1.807, 2.05) is 12.1 Å². The fourth-order valence-electron chi connectivity index (χ4n) is 1.73. The van der Waals surface area contributed by atoms with E-state index in [9.17, 15) is 9.90 Å². The van der Waals surface area contributed by atoms with E-state index in [1.165, 1.54) is 0 Å². The zero-order chi connectivity index (χ0) is 13.0. The van der Waals surface area contributed by atoms with Crippen LogP contribution >= 0.6 is 0 Å². The second-order valence-electron chi connectivity index (χ2n) is 3.83. The Bertz CT molecular complexity index is 599. The summed E-state index contributed by atoms with van der Waals surface area (Å²) in [6, 6.07) is 17.1. The van der Waals surface area contributed by atoms with Crippen LogP contribution in [0.15, 0.2) is 54.6 Å². The van der Waals surface area contributed by atoms with Crippen molar-refractivity contribution in [2.24, 2.45) is 0 Å². The molecule has 0 spiro atoms. The number of aliphatic hydroxyl groups is 1. The van der Waals surface area contributed by atoms with E-state index < -0.39 is 11.9 Å². The number of benzene rings is 2. The maximum absolute atomic E-state index is 12.1. The van der Waals surface area contributed by atoms with E-state index in [0.717, 1.165) is 0 Å². The summed E-state index contributed by atoms with van der Waals surface area (Å²) in [6.45, 7) is 0. The third-order valence-corrected chi connectivity index (χ3v) is 2.68. The van der Waals surface area contributed by atoms with Crippen LogP contribution in [0.2, 0.25) is 0 Å². The number of ketones is 1. The largest absolute Gasteiger partial charge is 0.380 e. The van der Waals surface area contributed by atoms with Gasteiger partial charge in [0.05, 0.1) is 11.6 Å². The first-order chi connectivity index (χ1) is 8.74. The molecule has 3 nitrogen and oxygen atoms in total. The first kappa shape index (κ1) is 12.0. The molecule has 18 heavy (non-hydrogen) atoms. The van der Waals surface area contributed by atoms with Gasteiger partial charge in [-0.1, -0.05) is 42.5 Å². The van der Waals surface area contributed by atoms with Crippen molar-refractivity contribution in [3.63, 3.8) is 0 Å². The summed E-state index contributed by atoms with van der Waals surface area (Å²) >= 11 is 0. The third kappa shape index (κ3) is 2.29. The van der Waals surface area contributed by atoms with E-state index in [1.54, 1.807) is 48.5 Å². The molecule has 2 rings (SSSR count). The number of carbonyl (C=O) groups is 1. The zero-order valence-corrected chi connectivity index (χ0v) is 9.58. The summed E-state index contributed by atoms with van der Waals surface area (Å²) in [4.78, 5) is 12.1. The maximum atomic E-state index is 12.1. The highest BCUT2D eigenvalue weighted by atomic mass is 16.3. The van der Waals surface area contributed by atoms with Gasteiger partial charge in [0.1, 0.15) is 6.10 Å². The average Bonchev–Trinajstić information content (AvgIpc) is 2.46. The van der Waals surface area contributed by atoms with Gasteiger partial charge >= 0.3 is 0 Å². The predicted molar refractivity (Wildman–Crippen MR) is 66.9 cm³/mol. The van der Waals surface area contributed by atoms with Gasteiger partial charge in [0.2, 0.25) is 0 Å². The van der Waals surface area contributed by atoms with Crippen molar-refractivity contribution in [3.05, 3.63) is 71.3 Å². The van der Waals surface area contributed by atoms with Crippen molar-refractivity contribution >= 4 is 5.78 Å². The van der Waals surface area contributed by atoms with Crippen LogP contribution in [0.3, 0.4) is 0 Å². The van der Waals surface area contributed by atoms with Gasteiger partial charge in [-0.25, -0.2) is 0 Å².